The Morgan fingerprint density at radius 2 is 2.00 bits per heavy atom. The van der Waals surface area contributed by atoms with Gasteiger partial charge in [0.05, 0.1) is 12.5 Å². The average molecular weight is 298 g/mol. The molecule has 1 N–H and O–H groups in total. The van der Waals surface area contributed by atoms with Crippen LogP contribution in [0.25, 0.3) is 0 Å². The van der Waals surface area contributed by atoms with Crippen molar-refractivity contribution in [2.45, 2.75) is 46.5 Å². The molecule has 3 nitrogen and oxygen atoms in total. The van der Waals surface area contributed by atoms with E-state index in [1.807, 2.05) is 24.3 Å². The molecule has 1 aromatic rings. The monoisotopic (exact) mass is 298 g/mol. The number of carbonyl (C=O) groups excluding carboxylic acids is 1. The van der Waals surface area contributed by atoms with Crippen LogP contribution >= 0.6 is 0 Å². The van der Waals surface area contributed by atoms with Crippen LogP contribution in [-0.4, -0.2) is 5.91 Å². The minimum absolute atomic E-state index is 0.113. The fourth-order valence-electron chi connectivity index (χ4n) is 3.54. The minimum atomic E-state index is 0.113. The maximum Gasteiger partial charge on any atom is 0.227 e. The van der Waals surface area contributed by atoms with E-state index in [1.54, 1.807) is 0 Å². The second kappa shape index (κ2) is 7.45. The highest BCUT2D eigenvalue weighted by Gasteiger charge is 2.35. The van der Waals surface area contributed by atoms with Gasteiger partial charge in [0.25, 0.3) is 0 Å². The minimum Gasteiger partial charge on any atom is -0.326 e. The zero-order valence-corrected chi connectivity index (χ0v) is 13.8. The van der Waals surface area contributed by atoms with Crippen LogP contribution in [-0.2, 0) is 11.2 Å². The molecule has 3 atom stereocenters. The molecule has 0 saturated heterocycles. The quantitative estimate of drug-likeness (QED) is 0.895. The summed E-state index contributed by atoms with van der Waals surface area (Å²) in [6.45, 7) is 6.68. The molecule has 1 amide bonds. The van der Waals surface area contributed by atoms with Crippen molar-refractivity contribution in [2.75, 3.05) is 5.32 Å². The molecule has 0 spiro atoms. The molecule has 118 valence electrons. The van der Waals surface area contributed by atoms with Crippen molar-refractivity contribution in [3.8, 4) is 6.07 Å². The fourth-order valence-corrected chi connectivity index (χ4v) is 3.54. The molecular weight excluding hydrogens is 272 g/mol. The Morgan fingerprint density at radius 1 is 1.32 bits per heavy atom. The van der Waals surface area contributed by atoms with Gasteiger partial charge >= 0.3 is 0 Å². The standard InChI is InChI=1S/C19H26N2O/c1-13(2)17-9-4-14(3)12-18(17)19(22)21-16-7-5-15(6-8-16)10-11-20/h5-8,13-14,17-18H,4,9-10,12H2,1-3H3,(H,21,22)/t14?,17-,18+/m0/s1. The van der Waals surface area contributed by atoms with Gasteiger partial charge in [-0.2, -0.15) is 5.26 Å². The summed E-state index contributed by atoms with van der Waals surface area (Å²) in [6.07, 6.45) is 3.78. The lowest BCUT2D eigenvalue weighted by Crippen LogP contribution is -2.36. The number of benzene rings is 1. The topological polar surface area (TPSA) is 52.9 Å². The number of carbonyl (C=O) groups is 1. The van der Waals surface area contributed by atoms with E-state index in [9.17, 15) is 4.79 Å². The Morgan fingerprint density at radius 3 is 2.59 bits per heavy atom. The van der Waals surface area contributed by atoms with Crippen LogP contribution in [0.2, 0.25) is 0 Å². The third kappa shape index (κ3) is 4.10. The second-order valence-electron chi connectivity index (χ2n) is 6.95. The molecule has 3 heteroatoms. The maximum atomic E-state index is 12.7. The Bertz CT molecular complexity index is 542. The van der Waals surface area contributed by atoms with Gasteiger partial charge < -0.3 is 5.32 Å². The highest BCUT2D eigenvalue weighted by atomic mass is 16.1. The summed E-state index contributed by atoms with van der Waals surface area (Å²) in [5.41, 5.74) is 1.80. The van der Waals surface area contributed by atoms with E-state index in [0.717, 1.165) is 24.1 Å². The van der Waals surface area contributed by atoms with Crippen molar-refractivity contribution in [3.63, 3.8) is 0 Å². The number of hydrogen-bond acceptors (Lipinski definition) is 2. The van der Waals surface area contributed by atoms with E-state index in [1.165, 1.54) is 6.42 Å². The van der Waals surface area contributed by atoms with Gasteiger partial charge in [-0.1, -0.05) is 39.3 Å². The molecule has 0 heterocycles. The Hall–Kier alpha value is -1.82. The highest BCUT2D eigenvalue weighted by Crippen LogP contribution is 2.38. The van der Waals surface area contributed by atoms with Crippen LogP contribution in [0.5, 0.6) is 0 Å². The van der Waals surface area contributed by atoms with Gasteiger partial charge in [-0.3, -0.25) is 4.79 Å². The van der Waals surface area contributed by atoms with Gasteiger partial charge in [0.2, 0.25) is 5.91 Å². The number of nitrogens with one attached hydrogen (secondary N) is 1. The van der Waals surface area contributed by atoms with Crippen molar-refractivity contribution in [1.82, 2.24) is 0 Å². The lowest BCUT2D eigenvalue weighted by atomic mass is 9.70. The van der Waals surface area contributed by atoms with E-state index in [0.29, 0.717) is 24.2 Å². The predicted molar refractivity (Wildman–Crippen MR) is 89.2 cm³/mol. The largest absolute Gasteiger partial charge is 0.326 e. The number of amides is 1. The first-order chi connectivity index (χ1) is 10.5. The summed E-state index contributed by atoms with van der Waals surface area (Å²) in [5.74, 6) is 1.92. The van der Waals surface area contributed by atoms with Crippen molar-refractivity contribution in [3.05, 3.63) is 29.8 Å². The summed E-state index contributed by atoms with van der Waals surface area (Å²) >= 11 is 0. The normalized spacial score (nSPS) is 24.8. The SMILES string of the molecule is CC1CC[C@@H](C(C)C)[C@H](C(=O)Nc2ccc(CC#N)cc2)C1. The lowest BCUT2D eigenvalue weighted by Gasteiger charge is -2.36. The Balaban J connectivity index is 2.04. The molecule has 0 aliphatic heterocycles. The summed E-state index contributed by atoms with van der Waals surface area (Å²) < 4.78 is 0. The fraction of sp³-hybridized carbons (Fsp3) is 0.579. The van der Waals surface area contributed by atoms with E-state index < -0.39 is 0 Å². The second-order valence-corrected chi connectivity index (χ2v) is 6.95. The molecule has 1 saturated carbocycles. The molecule has 22 heavy (non-hydrogen) atoms. The first-order valence-electron chi connectivity index (χ1n) is 8.28. The molecule has 1 aliphatic carbocycles. The lowest BCUT2D eigenvalue weighted by molar-refractivity contribution is -0.123. The Labute approximate surface area is 133 Å². The van der Waals surface area contributed by atoms with Crippen LogP contribution in [0.4, 0.5) is 5.69 Å². The summed E-state index contributed by atoms with van der Waals surface area (Å²) in [5, 5.41) is 11.8. The molecule has 1 unspecified atom stereocenters. The van der Waals surface area contributed by atoms with Crippen LogP contribution < -0.4 is 5.32 Å². The zero-order valence-electron chi connectivity index (χ0n) is 13.8. The van der Waals surface area contributed by atoms with Gasteiger partial charge in [0, 0.05) is 11.6 Å². The van der Waals surface area contributed by atoms with Gasteiger partial charge in [0.1, 0.15) is 0 Å². The molecule has 2 rings (SSSR count). The molecule has 0 bridgehead atoms. The van der Waals surface area contributed by atoms with Crippen LogP contribution in [0.15, 0.2) is 24.3 Å². The number of nitriles is 1. The van der Waals surface area contributed by atoms with Crippen molar-refractivity contribution < 1.29 is 4.79 Å². The molecule has 0 radical (unpaired) electrons. The van der Waals surface area contributed by atoms with Crippen molar-refractivity contribution in [1.29, 1.82) is 5.26 Å². The average Bonchev–Trinajstić information content (AvgIpc) is 2.49. The highest BCUT2D eigenvalue weighted by molar-refractivity contribution is 5.92. The molecule has 0 aromatic heterocycles. The summed E-state index contributed by atoms with van der Waals surface area (Å²) in [7, 11) is 0. The van der Waals surface area contributed by atoms with E-state index >= 15 is 0 Å². The van der Waals surface area contributed by atoms with Crippen molar-refractivity contribution >= 4 is 11.6 Å². The third-order valence-corrected chi connectivity index (χ3v) is 4.86. The van der Waals surface area contributed by atoms with Gasteiger partial charge in [-0.25, -0.2) is 0 Å². The number of hydrogen-bond donors (Lipinski definition) is 1. The molecule has 1 fully saturated rings. The molecule has 1 aliphatic rings. The number of nitrogens with zero attached hydrogens (tertiary/aromatic N) is 1. The Kier molecular flexibility index (Phi) is 5.60. The number of rotatable bonds is 4. The molecule has 1 aromatic carbocycles. The van der Waals surface area contributed by atoms with Gasteiger partial charge in [0.15, 0.2) is 0 Å². The van der Waals surface area contributed by atoms with E-state index in [-0.39, 0.29) is 11.8 Å². The van der Waals surface area contributed by atoms with E-state index in [4.69, 9.17) is 5.26 Å². The van der Waals surface area contributed by atoms with Crippen LogP contribution in [0, 0.1) is 35.0 Å². The van der Waals surface area contributed by atoms with Gasteiger partial charge in [-0.15, -0.1) is 0 Å². The predicted octanol–water partition coefficient (Wildman–Crippen LogP) is 4.40. The first kappa shape index (κ1) is 16.5. The summed E-state index contributed by atoms with van der Waals surface area (Å²) in [4.78, 5) is 12.7. The summed E-state index contributed by atoms with van der Waals surface area (Å²) in [6, 6.07) is 9.72. The zero-order chi connectivity index (χ0) is 16.1. The number of anilines is 1. The maximum absolute atomic E-state index is 12.7. The molecular formula is C19H26N2O. The van der Waals surface area contributed by atoms with Crippen LogP contribution in [0.1, 0.15) is 45.6 Å². The van der Waals surface area contributed by atoms with Crippen molar-refractivity contribution in [2.24, 2.45) is 23.7 Å². The third-order valence-electron chi connectivity index (χ3n) is 4.86. The van der Waals surface area contributed by atoms with Gasteiger partial charge in [-0.05, 0) is 48.3 Å². The van der Waals surface area contributed by atoms with Crippen LogP contribution in [0.3, 0.4) is 0 Å². The smallest absolute Gasteiger partial charge is 0.227 e. The van der Waals surface area contributed by atoms with E-state index in [2.05, 4.69) is 32.2 Å². The first-order valence-corrected chi connectivity index (χ1v) is 8.28.